The smallest absolute Gasteiger partial charge is 0.253 e. The summed E-state index contributed by atoms with van der Waals surface area (Å²) in [7, 11) is 1.66. The molecule has 1 N–H and O–H groups in total. The van der Waals surface area contributed by atoms with E-state index in [1.807, 2.05) is 48.1 Å². The molecule has 0 radical (unpaired) electrons. The summed E-state index contributed by atoms with van der Waals surface area (Å²) in [5.41, 5.74) is 5.61. The summed E-state index contributed by atoms with van der Waals surface area (Å²) in [6.45, 7) is 5.21. The van der Waals surface area contributed by atoms with Crippen LogP contribution in [0, 0.1) is 13.8 Å². The zero-order chi connectivity index (χ0) is 28.3. The summed E-state index contributed by atoms with van der Waals surface area (Å²) in [5.74, 6) is 1.48. The molecule has 0 bridgehead atoms. The number of fused-ring (bicyclic) bond motifs is 1. The lowest BCUT2D eigenvalue weighted by Gasteiger charge is -2.32. The minimum Gasteiger partial charge on any atom is -0.497 e. The Morgan fingerprint density at radius 2 is 1.78 bits per heavy atom. The minimum absolute atomic E-state index is 0.136. The number of rotatable bonds is 9. The fourth-order valence-corrected chi connectivity index (χ4v) is 6.01. The summed E-state index contributed by atoms with van der Waals surface area (Å²) in [4.78, 5) is 23.8. The van der Waals surface area contributed by atoms with Gasteiger partial charge in [-0.05, 0) is 83.6 Å². The van der Waals surface area contributed by atoms with Crippen molar-refractivity contribution in [2.24, 2.45) is 0 Å². The molecular weight excluding hydrogens is 514 g/mol. The monoisotopic (exact) mass is 549 g/mol. The molecule has 9 heteroatoms. The summed E-state index contributed by atoms with van der Waals surface area (Å²) in [5, 5.41) is 14.3. The van der Waals surface area contributed by atoms with E-state index in [1.165, 1.54) is 0 Å². The summed E-state index contributed by atoms with van der Waals surface area (Å²) in [6, 6.07) is 17.9. The highest BCUT2D eigenvalue weighted by molar-refractivity contribution is 5.85. The number of aryl methyl sites for hydroxylation is 2. The SMILES string of the molecule is COc1ccc(CN(Cc2cccnc2)[C@H](c2cc3c(C)ccc(C)c3[nH]c2=O)c2nnnn2C2CCCC2)cc1. The van der Waals surface area contributed by atoms with Gasteiger partial charge < -0.3 is 9.72 Å². The lowest BCUT2D eigenvalue weighted by atomic mass is 9.98. The number of aromatic nitrogens is 6. The predicted molar refractivity (Wildman–Crippen MR) is 158 cm³/mol. The van der Waals surface area contributed by atoms with Crippen LogP contribution in [0.3, 0.4) is 0 Å². The molecule has 3 aromatic heterocycles. The largest absolute Gasteiger partial charge is 0.497 e. The van der Waals surface area contributed by atoms with Crippen LogP contribution in [-0.2, 0) is 13.1 Å². The first kappa shape index (κ1) is 26.8. The second-order valence-electron chi connectivity index (χ2n) is 11.0. The molecule has 6 rings (SSSR count). The van der Waals surface area contributed by atoms with E-state index in [9.17, 15) is 4.79 Å². The maximum Gasteiger partial charge on any atom is 0.253 e. The molecule has 0 saturated heterocycles. The van der Waals surface area contributed by atoms with Crippen molar-refractivity contribution in [2.45, 2.75) is 64.7 Å². The van der Waals surface area contributed by atoms with Crippen molar-refractivity contribution >= 4 is 10.9 Å². The van der Waals surface area contributed by atoms with Crippen molar-refractivity contribution in [3.8, 4) is 5.75 Å². The highest BCUT2D eigenvalue weighted by Gasteiger charge is 2.33. The van der Waals surface area contributed by atoms with Crippen molar-refractivity contribution in [1.29, 1.82) is 0 Å². The Hall–Kier alpha value is -4.37. The van der Waals surface area contributed by atoms with Gasteiger partial charge in [0, 0.05) is 36.4 Å². The number of H-pyrrole nitrogens is 1. The molecule has 0 spiro atoms. The summed E-state index contributed by atoms with van der Waals surface area (Å²) in [6.07, 6.45) is 7.99. The van der Waals surface area contributed by atoms with Crippen LogP contribution in [0.15, 0.2) is 71.8 Å². The van der Waals surface area contributed by atoms with Gasteiger partial charge in [0.1, 0.15) is 11.8 Å². The van der Waals surface area contributed by atoms with Crippen molar-refractivity contribution < 1.29 is 4.74 Å². The van der Waals surface area contributed by atoms with Crippen LogP contribution >= 0.6 is 0 Å². The summed E-state index contributed by atoms with van der Waals surface area (Å²) >= 11 is 0. The molecule has 41 heavy (non-hydrogen) atoms. The van der Waals surface area contributed by atoms with E-state index in [0.717, 1.165) is 64.6 Å². The van der Waals surface area contributed by atoms with Gasteiger partial charge in [-0.1, -0.05) is 43.2 Å². The van der Waals surface area contributed by atoms with E-state index in [0.29, 0.717) is 24.5 Å². The van der Waals surface area contributed by atoms with Crippen LogP contribution in [0.5, 0.6) is 5.75 Å². The second-order valence-corrected chi connectivity index (χ2v) is 11.0. The Bertz CT molecular complexity index is 1690. The molecule has 1 fully saturated rings. The topological polar surface area (TPSA) is 102 Å². The molecule has 0 amide bonds. The van der Waals surface area contributed by atoms with E-state index in [-0.39, 0.29) is 11.6 Å². The zero-order valence-corrected chi connectivity index (χ0v) is 23.7. The number of nitrogens with one attached hydrogen (secondary N) is 1. The van der Waals surface area contributed by atoms with Gasteiger partial charge in [0.15, 0.2) is 5.82 Å². The molecule has 9 nitrogen and oxygen atoms in total. The van der Waals surface area contributed by atoms with Crippen LogP contribution in [0.4, 0.5) is 0 Å². The quantitative estimate of drug-likeness (QED) is 0.261. The van der Waals surface area contributed by atoms with Gasteiger partial charge in [-0.3, -0.25) is 14.7 Å². The number of tetrazole rings is 1. The van der Waals surface area contributed by atoms with E-state index >= 15 is 0 Å². The number of pyridine rings is 2. The second kappa shape index (κ2) is 11.6. The molecular formula is C32H35N7O2. The van der Waals surface area contributed by atoms with Crippen LogP contribution in [0.1, 0.15) is 71.4 Å². The Kier molecular flexibility index (Phi) is 7.61. The van der Waals surface area contributed by atoms with E-state index in [4.69, 9.17) is 4.74 Å². The number of hydrogen-bond donors (Lipinski definition) is 1. The maximum atomic E-state index is 14.0. The Morgan fingerprint density at radius 3 is 2.51 bits per heavy atom. The van der Waals surface area contributed by atoms with Crippen LogP contribution < -0.4 is 10.3 Å². The lowest BCUT2D eigenvalue weighted by Crippen LogP contribution is -2.35. The van der Waals surface area contributed by atoms with Gasteiger partial charge in [-0.25, -0.2) is 4.68 Å². The molecule has 0 aliphatic heterocycles. The highest BCUT2D eigenvalue weighted by atomic mass is 16.5. The molecule has 2 aromatic carbocycles. The molecule has 1 aliphatic rings. The third kappa shape index (κ3) is 5.50. The average molecular weight is 550 g/mol. The molecule has 1 aliphatic carbocycles. The van der Waals surface area contributed by atoms with E-state index < -0.39 is 6.04 Å². The van der Waals surface area contributed by atoms with Crippen LogP contribution in [0.2, 0.25) is 0 Å². The Balaban J connectivity index is 1.55. The van der Waals surface area contributed by atoms with Gasteiger partial charge in [0.05, 0.1) is 18.7 Å². The first-order valence-corrected chi connectivity index (χ1v) is 14.2. The fraction of sp³-hybridized carbons (Fsp3) is 0.344. The average Bonchev–Trinajstić information content (AvgIpc) is 3.69. The van der Waals surface area contributed by atoms with E-state index in [2.05, 4.69) is 61.6 Å². The number of aromatic amines is 1. The number of benzene rings is 2. The zero-order valence-electron chi connectivity index (χ0n) is 23.7. The molecule has 1 atom stereocenters. The third-order valence-corrected chi connectivity index (χ3v) is 8.22. The third-order valence-electron chi connectivity index (χ3n) is 8.22. The standard InChI is InChI=1S/C32H35N7O2/c1-21-10-11-22(2)29-27(21)17-28(32(40)34-29)30(31-35-36-37-39(31)25-8-4-5-9-25)38(20-24-7-6-16-33-18-24)19-23-12-14-26(41-3)15-13-23/h6-7,10-18,25,30H,4-5,8-9,19-20H2,1-3H3,(H,34,40)/t30-/m1/s1. The molecule has 210 valence electrons. The number of hydrogen-bond acceptors (Lipinski definition) is 7. The summed E-state index contributed by atoms with van der Waals surface area (Å²) < 4.78 is 7.37. The predicted octanol–water partition coefficient (Wildman–Crippen LogP) is 5.44. The van der Waals surface area contributed by atoms with Gasteiger partial charge >= 0.3 is 0 Å². The Morgan fingerprint density at radius 1 is 1.02 bits per heavy atom. The lowest BCUT2D eigenvalue weighted by molar-refractivity contribution is 0.190. The molecule has 1 saturated carbocycles. The number of methoxy groups -OCH3 is 1. The Labute approximate surface area is 239 Å². The van der Waals surface area contributed by atoms with Gasteiger partial charge in [0.25, 0.3) is 5.56 Å². The maximum absolute atomic E-state index is 14.0. The van der Waals surface area contributed by atoms with E-state index in [1.54, 1.807) is 13.3 Å². The first-order chi connectivity index (χ1) is 20.0. The fourth-order valence-electron chi connectivity index (χ4n) is 6.01. The van der Waals surface area contributed by atoms with Crippen molar-refractivity contribution in [1.82, 2.24) is 35.1 Å². The van der Waals surface area contributed by atoms with Crippen molar-refractivity contribution in [2.75, 3.05) is 7.11 Å². The minimum atomic E-state index is -0.499. The first-order valence-electron chi connectivity index (χ1n) is 14.2. The normalized spacial score (nSPS) is 14.6. The van der Waals surface area contributed by atoms with Gasteiger partial charge in [0.2, 0.25) is 0 Å². The molecule has 3 heterocycles. The van der Waals surface area contributed by atoms with Gasteiger partial charge in [-0.15, -0.1) is 5.10 Å². The van der Waals surface area contributed by atoms with Gasteiger partial charge in [-0.2, -0.15) is 0 Å². The van der Waals surface area contributed by atoms with Crippen molar-refractivity contribution in [3.05, 3.63) is 111 Å². The highest BCUT2D eigenvalue weighted by Crippen LogP contribution is 2.35. The molecule has 5 aromatic rings. The van der Waals surface area contributed by atoms with Crippen LogP contribution in [-0.4, -0.2) is 42.2 Å². The van der Waals surface area contributed by atoms with Crippen molar-refractivity contribution in [3.63, 3.8) is 0 Å². The van der Waals surface area contributed by atoms with Crippen LogP contribution in [0.25, 0.3) is 10.9 Å². The molecule has 0 unspecified atom stereocenters. The number of nitrogens with zero attached hydrogens (tertiary/aromatic N) is 6. The number of ether oxygens (including phenoxy) is 1.